The van der Waals surface area contributed by atoms with E-state index in [1.807, 2.05) is 4.90 Å². The summed E-state index contributed by atoms with van der Waals surface area (Å²) >= 11 is 0. The van der Waals surface area contributed by atoms with Crippen molar-refractivity contribution in [2.75, 3.05) is 71.5 Å². The van der Waals surface area contributed by atoms with E-state index in [-0.39, 0.29) is 42.1 Å². The lowest BCUT2D eigenvalue weighted by Gasteiger charge is -2.37. The van der Waals surface area contributed by atoms with Crippen molar-refractivity contribution in [3.63, 3.8) is 0 Å². The minimum absolute atomic E-state index is 0.00168. The topological polar surface area (TPSA) is 90.5 Å². The van der Waals surface area contributed by atoms with Gasteiger partial charge in [-0.05, 0) is 19.3 Å². The van der Waals surface area contributed by atoms with E-state index in [1.54, 1.807) is 28.8 Å². The van der Waals surface area contributed by atoms with Gasteiger partial charge in [0.1, 0.15) is 0 Å². The number of sulfone groups is 1. The first kappa shape index (κ1) is 21.3. The molecule has 2 unspecified atom stereocenters. The molecule has 3 amide bonds. The molecule has 0 aromatic heterocycles. The maximum absolute atomic E-state index is 13.1. The predicted molar refractivity (Wildman–Crippen MR) is 105 cm³/mol. The number of urea groups is 1. The first-order chi connectivity index (χ1) is 13.2. The highest BCUT2D eigenvalue weighted by molar-refractivity contribution is 7.91. The van der Waals surface area contributed by atoms with Crippen LogP contribution in [0.15, 0.2) is 0 Å². The molecule has 0 N–H and O–H groups in total. The van der Waals surface area contributed by atoms with Gasteiger partial charge in [-0.3, -0.25) is 9.69 Å². The third-order valence-corrected chi connectivity index (χ3v) is 7.53. The zero-order valence-corrected chi connectivity index (χ0v) is 17.7. The van der Waals surface area contributed by atoms with Gasteiger partial charge in [-0.1, -0.05) is 0 Å². The van der Waals surface area contributed by atoms with Gasteiger partial charge >= 0.3 is 6.03 Å². The zero-order chi connectivity index (χ0) is 20.3. The average Bonchev–Trinajstić information content (AvgIpc) is 3.28. The summed E-state index contributed by atoms with van der Waals surface area (Å²) in [6.45, 7) is 3.90. The molecule has 2 atom stereocenters. The number of hydrogen-bond acceptors (Lipinski definition) is 6. The summed E-state index contributed by atoms with van der Waals surface area (Å²) in [6.07, 6.45) is 2.40. The fourth-order valence-electron chi connectivity index (χ4n) is 4.15. The van der Waals surface area contributed by atoms with Gasteiger partial charge in [0.2, 0.25) is 5.91 Å². The molecule has 3 rings (SSSR count). The fraction of sp³-hybridized carbons (Fsp3) is 0.889. The van der Waals surface area contributed by atoms with Crippen molar-refractivity contribution in [3.8, 4) is 0 Å². The van der Waals surface area contributed by atoms with Crippen molar-refractivity contribution in [3.05, 3.63) is 0 Å². The highest BCUT2D eigenvalue weighted by atomic mass is 32.2. The van der Waals surface area contributed by atoms with E-state index in [2.05, 4.69) is 0 Å². The quantitative estimate of drug-likeness (QED) is 0.599. The van der Waals surface area contributed by atoms with E-state index in [9.17, 15) is 18.0 Å². The molecule has 160 valence electrons. The lowest BCUT2D eigenvalue weighted by Crippen LogP contribution is -2.55. The highest BCUT2D eigenvalue weighted by Crippen LogP contribution is 2.22. The van der Waals surface area contributed by atoms with Gasteiger partial charge in [-0.25, -0.2) is 13.2 Å². The van der Waals surface area contributed by atoms with Crippen molar-refractivity contribution in [2.24, 2.45) is 0 Å². The minimum Gasteiger partial charge on any atom is -0.376 e. The molecule has 0 aromatic rings. The van der Waals surface area contributed by atoms with Crippen LogP contribution in [0.25, 0.3) is 0 Å². The molecular formula is C18H32N4O5S. The summed E-state index contributed by atoms with van der Waals surface area (Å²) in [4.78, 5) is 32.3. The normalized spacial score (nSPS) is 27.7. The molecule has 3 aliphatic rings. The second-order valence-electron chi connectivity index (χ2n) is 8.18. The smallest absolute Gasteiger partial charge is 0.319 e. The SMILES string of the molecule is CN(C)C(=O)N1CCN(CC(=O)N(CC2CCCO2)C2CCS(=O)(=O)C2)CC1. The molecule has 0 aromatic carbocycles. The van der Waals surface area contributed by atoms with E-state index in [4.69, 9.17) is 4.74 Å². The van der Waals surface area contributed by atoms with Crippen molar-refractivity contribution in [2.45, 2.75) is 31.4 Å². The van der Waals surface area contributed by atoms with Gasteiger partial charge in [-0.2, -0.15) is 0 Å². The van der Waals surface area contributed by atoms with Crippen molar-refractivity contribution in [1.82, 2.24) is 19.6 Å². The minimum atomic E-state index is -3.06. The predicted octanol–water partition coefficient (Wildman–Crippen LogP) is -0.520. The molecule has 3 saturated heterocycles. The van der Waals surface area contributed by atoms with E-state index < -0.39 is 9.84 Å². The first-order valence-electron chi connectivity index (χ1n) is 10.1. The number of carbonyl (C=O) groups excluding carboxylic acids is 2. The van der Waals surface area contributed by atoms with Crippen LogP contribution < -0.4 is 0 Å². The molecule has 9 nitrogen and oxygen atoms in total. The largest absolute Gasteiger partial charge is 0.376 e. The Morgan fingerprint density at radius 3 is 2.36 bits per heavy atom. The van der Waals surface area contributed by atoms with E-state index in [0.29, 0.717) is 45.8 Å². The van der Waals surface area contributed by atoms with Crippen LogP contribution in [0.3, 0.4) is 0 Å². The molecule has 0 aliphatic carbocycles. The van der Waals surface area contributed by atoms with Crippen LogP contribution in [-0.4, -0.2) is 124 Å². The summed E-state index contributed by atoms with van der Waals surface area (Å²) in [5.41, 5.74) is 0. The second-order valence-corrected chi connectivity index (χ2v) is 10.4. The van der Waals surface area contributed by atoms with Crippen molar-refractivity contribution >= 4 is 21.8 Å². The molecule has 3 heterocycles. The van der Waals surface area contributed by atoms with Crippen LogP contribution in [0.1, 0.15) is 19.3 Å². The number of rotatable bonds is 5. The number of piperazine rings is 1. The molecule has 28 heavy (non-hydrogen) atoms. The Kier molecular flexibility index (Phi) is 6.82. The molecule has 0 spiro atoms. The van der Waals surface area contributed by atoms with Crippen molar-refractivity contribution < 1.29 is 22.7 Å². The van der Waals surface area contributed by atoms with Crippen LogP contribution in [-0.2, 0) is 19.4 Å². The highest BCUT2D eigenvalue weighted by Gasteiger charge is 2.37. The van der Waals surface area contributed by atoms with Gasteiger partial charge in [0.25, 0.3) is 0 Å². The molecule has 10 heteroatoms. The third-order valence-electron chi connectivity index (χ3n) is 5.78. The summed E-state index contributed by atoms with van der Waals surface area (Å²) in [5, 5.41) is 0. The average molecular weight is 417 g/mol. The van der Waals surface area contributed by atoms with Gasteiger partial charge < -0.3 is 19.4 Å². The number of carbonyl (C=O) groups is 2. The number of ether oxygens (including phenoxy) is 1. The Labute approximate surface area is 167 Å². The molecular weight excluding hydrogens is 384 g/mol. The summed E-state index contributed by atoms with van der Waals surface area (Å²) in [6, 6.07) is -0.263. The van der Waals surface area contributed by atoms with Gasteiger partial charge in [0.15, 0.2) is 9.84 Å². The molecule has 3 aliphatic heterocycles. The van der Waals surface area contributed by atoms with Gasteiger partial charge in [0.05, 0.1) is 24.2 Å². The van der Waals surface area contributed by atoms with Crippen LogP contribution in [0.5, 0.6) is 0 Å². The lowest BCUT2D eigenvalue weighted by atomic mass is 10.1. The number of amides is 3. The van der Waals surface area contributed by atoms with Crippen LogP contribution in [0.4, 0.5) is 4.79 Å². The number of nitrogens with zero attached hydrogens (tertiary/aromatic N) is 4. The summed E-state index contributed by atoms with van der Waals surface area (Å²) in [5.74, 6) is 0.166. The third kappa shape index (κ3) is 5.36. The first-order valence-corrected chi connectivity index (χ1v) is 11.9. The van der Waals surface area contributed by atoms with E-state index in [0.717, 1.165) is 12.8 Å². The van der Waals surface area contributed by atoms with Crippen LogP contribution in [0.2, 0.25) is 0 Å². The van der Waals surface area contributed by atoms with Gasteiger partial charge in [-0.15, -0.1) is 0 Å². The second kappa shape index (κ2) is 8.96. The Morgan fingerprint density at radius 1 is 1.11 bits per heavy atom. The molecule has 0 saturated carbocycles. The standard InChI is InChI=1S/C18H32N4O5S/c1-19(2)18(24)21-8-6-20(7-9-21)13-17(23)22(12-16-4-3-10-27-16)15-5-11-28(25,26)14-15/h15-16H,3-14H2,1-2H3. The van der Waals surface area contributed by atoms with Gasteiger partial charge in [0, 0.05) is 59.5 Å². The summed E-state index contributed by atoms with van der Waals surface area (Å²) in [7, 11) is 0.403. The number of hydrogen-bond donors (Lipinski definition) is 0. The Hall–Kier alpha value is -1.39. The maximum Gasteiger partial charge on any atom is 0.319 e. The van der Waals surface area contributed by atoms with Crippen LogP contribution in [0, 0.1) is 0 Å². The Morgan fingerprint density at radius 2 is 1.82 bits per heavy atom. The van der Waals surface area contributed by atoms with E-state index >= 15 is 0 Å². The molecule has 0 bridgehead atoms. The maximum atomic E-state index is 13.1. The fourth-order valence-corrected chi connectivity index (χ4v) is 5.88. The lowest BCUT2D eigenvalue weighted by molar-refractivity contribution is -0.136. The summed E-state index contributed by atoms with van der Waals surface area (Å²) < 4.78 is 29.6. The Bertz CT molecular complexity index is 669. The van der Waals surface area contributed by atoms with E-state index in [1.165, 1.54) is 0 Å². The zero-order valence-electron chi connectivity index (χ0n) is 16.9. The Balaban J connectivity index is 1.57. The molecule has 3 fully saturated rings. The monoisotopic (exact) mass is 416 g/mol. The van der Waals surface area contributed by atoms with Crippen molar-refractivity contribution in [1.29, 1.82) is 0 Å². The van der Waals surface area contributed by atoms with Crippen LogP contribution >= 0.6 is 0 Å². The molecule has 0 radical (unpaired) electrons.